The summed E-state index contributed by atoms with van der Waals surface area (Å²) in [7, 11) is 0.141. The molecule has 0 bridgehead atoms. The van der Waals surface area contributed by atoms with E-state index in [2.05, 4.69) is 19.1 Å². The summed E-state index contributed by atoms with van der Waals surface area (Å²) >= 11 is 1.49. The molecule has 1 aromatic heterocycles. The van der Waals surface area contributed by atoms with Crippen LogP contribution < -0.4 is 4.90 Å². The van der Waals surface area contributed by atoms with E-state index >= 15 is 0 Å². The molecule has 2 aromatic carbocycles. The Morgan fingerprint density at radius 2 is 1.88 bits per heavy atom. The van der Waals surface area contributed by atoms with Gasteiger partial charge in [-0.15, -0.1) is 0 Å². The lowest BCUT2D eigenvalue weighted by atomic mass is 10.2. The van der Waals surface area contributed by atoms with E-state index in [1.165, 1.54) is 21.2 Å². The molecular formula is C25H32N4O3S2. The minimum Gasteiger partial charge on any atom is -0.308 e. The number of rotatable bonds is 8. The molecule has 0 spiro atoms. The molecule has 1 aliphatic rings. The van der Waals surface area contributed by atoms with Crippen LogP contribution in [0.5, 0.6) is 0 Å². The maximum atomic E-state index is 13.9. The molecule has 2 heterocycles. The van der Waals surface area contributed by atoms with Crippen LogP contribution in [0.1, 0.15) is 30.9 Å². The standard InChI is InChI=1S/C25H32N4O3S2/c1-5-19-10-13-21-23(17-19)33-25(26-21)28(16-15-27(3)4)24(30)22-7-6-14-29(22)34(31,32)20-11-8-18(2)9-12-20/h8-13,17,22H,5-7,14-16H2,1-4H3. The quantitative estimate of drug-likeness (QED) is 0.469. The summed E-state index contributed by atoms with van der Waals surface area (Å²) in [6, 6.07) is 12.3. The van der Waals surface area contributed by atoms with Gasteiger partial charge in [0.15, 0.2) is 5.13 Å². The zero-order chi connectivity index (χ0) is 24.5. The number of hydrogen-bond acceptors (Lipinski definition) is 6. The number of anilines is 1. The summed E-state index contributed by atoms with van der Waals surface area (Å²) in [4.78, 5) is 22.5. The summed E-state index contributed by atoms with van der Waals surface area (Å²) in [6.45, 7) is 5.47. The van der Waals surface area contributed by atoms with Crippen LogP contribution >= 0.6 is 11.3 Å². The first-order valence-electron chi connectivity index (χ1n) is 11.6. The van der Waals surface area contributed by atoms with Crippen LogP contribution in [0.15, 0.2) is 47.4 Å². The number of carbonyl (C=O) groups is 1. The van der Waals surface area contributed by atoms with Gasteiger partial charge in [-0.1, -0.05) is 42.0 Å². The summed E-state index contributed by atoms with van der Waals surface area (Å²) in [6.07, 6.45) is 2.09. The zero-order valence-corrected chi connectivity index (χ0v) is 21.8. The number of hydrogen-bond donors (Lipinski definition) is 0. The molecule has 182 valence electrons. The van der Waals surface area contributed by atoms with Gasteiger partial charge in [-0.3, -0.25) is 9.69 Å². The Morgan fingerprint density at radius 1 is 1.15 bits per heavy atom. The minimum atomic E-state index is -3.77. The highest BCUT2D eigenvalue weighted by Crippen LogP contribution is 2.33. The van der Waals surface area contributed by atoms with Gasteiger partial charge in [0.25, 0.3) is 0 Å². The van der Waals surface area contributed by atoms with E-state index in [-0.39, 0.29) is 10.8 Å². The Bertz CT molecular complexity index is 1270. The van der Waals surface area contributed by atoms with E-state index in [0.717, 1.165) is 22.2 Å². The molecule has 4 rings (SSSR count). The minimum absolute atomic E-state index is 0.204. The number of carbonyl (C=O) groups excluding carboxylic acids is 1. The Kier molecular flexibility index (Phi) is 7.37. The largest absolute Gasteiger partial charge is 0.308 e. The fourth-order valence-corrected chi connectivity index (χ4v) is 6.90. The van der Waals surface area contributed by atoms with Crippen LogP contribution in [0.2, 0.25) is 0 Å². The Hall–Kier alpha value is -2.33. The van der Waals surface area contributed by atoms with Crippen LogP contribution in [0.25, 0.3) is 10.2 Å². The number of likely N-dealkylation sites (N-methyl/N-ethyl adjacent to an activating group) is 1. The Morgan fingerprint density at radius 3 is 2.56 bits per heavy atom. The van der Waals surface area contributed by atoms with Crippen molar-refractivity contribution in [2.24, 2.45) is 0 Å². The molecule has 34 heavy (non-hydrogen) atoms. The molecular weight excluding hydrogens is 468 g/mol. The van der Waals surface area contributed by atoms with Crippen molar-refractivity contribution in [1.82, 2.24) is 14.2 Å². The molecule has 1 atom stereocenters. The highest BCUT2D eigenvalue weighted by molar-refractivity contribution is 7.89. The van der Waals surface area contributed by atoms with Crippen molar-refractivity contribution in [3.05, 3.63) is 53.6 Å². The summed E-state index contributed by atoms with van der Waals surface area (Å²) < 4.78 is 29.3. The second-order valence-electron chi connectivity index (χ2n) is 9.03. The number of aromatic nitrogens is 1. The number of nitrogens with zero attached hydrogens (tertiary/aromatic N) is 4. The molecule has 0 saturated carbocycles. The second-order valence-corrected chi connectivity index (χ2v) is 11.9. The molecule has 1 unspecified atom stereocenters. The van der Waals surface area contributed by atoms with E-state index in [1.54, 1.807) is 29.2 Å². The van der Waals surface area contributed by atoms with Gasteiger partial charge >= 0.3 is 0 Å². The van der Waals surface area contributed by atoms with E-state index in [0.29, 0.717) is 37.6 Å². The fraction of sp³-hybridized carbons (Fsp3) is 0.440. The van der Waals surface area contributed by atoms with Crippen LogP contribution in [0.3, 0.4) is 0 Å². The summed E-state index contributed by atoms with van der Waals surface area (Å²) in [5, 5.41) is 0.620. The molecule has 1 aliphatic heterocycles. The smallest absolute Gasteiger partial charge is 0.247 e. The molecule has 1 fully saturated rings. The van der Waals surface area contributed by atoms with Crippen LogP contribution in [-0.4, -0.2) is 68.3 Å². The van der Waals surface area contributed by atoms with Crippen molar-refractivity contribution in [2.45, 2.75) is 44.0 Å². The van der Waals surface area contributed by atoms with Crippen molar-refractivity contribution < 1.29 is 13.2 Å². The first kappa shape index (κ1) is 24.8. The predicted octanol–water partition coefficient (Wildman–Crippen LogP) is 3.92. The number of aryl methyl sites for hydroxylation is 2. The van der Waals surface area contributed by atoms with Crippen LogP contribution in [0.4, 0.5) is 5.13 Å². The van der Waals surface area contributed by atoms with Crippen LogP contribution in [-0.2, 0) is 21.2 Å². The summed E-state index contributed by atoms with van der Waals surface area (Å²) in [5.41, 5.74) is 3.07. The second kappa shape index (κ2) is 10.1. The van der Waals surface area contributed by atoms with E-state index < -0.39 is 16.1 Å². The van der Waals surface area contributed by atoms with Crippen LogP contribution in [0, 0.1) is 6.92 Å². The van der Waals surface area contributed by atoms with Gasteiger partial charge in [0.2, 0.25) is 15.9 Å². The van der Waals surface area contributed by atoms with Crippen molar-refractivity contribution >= 4 is 42.6 Å². The first-order chi connectivity index (χ1) is 16.2. The fourth-order valence-electron chi connectivity index (χ4n) is 4.19. The highest BCUT2D eigenvalue weighted by Gasteiger charge is 2.42. The van der Waals surface area contributed by atoms with Gasteiger partial charge in [-0.25, -0.2) is 13.4 Å². The molecule has 3 aromatic rings. The first-order valence-corrected chi connectivity index (χ1v) is 13.9. The lowest BCUT2D eigenvalue weighted by Gasteiger charge is -2.29. The molecule has 0 radical (unpaired) electrons. The lowest BCUT2D eigenvalue weighted by Crippen LogP contribution is -2.49. The topological polar surface area (TPSA) is 73.8 Å². The predicted molar refractivity (Wildman–Crippen MR) is 138 cm³/mol. The summed E-state index contributed by atoms with van der Waals surface area (Å²) in [5.74, 6) is -0.204. The zero-order valence-electron chi connectivity index (χ0n) is 20.2. The molecule has 0 aliphatic carbocycles. The Balaban J connectivity index is 1.67. The van der Waals surface area contributed by atoms with Gasteiger partial charge in [0.1, 0.15) is 6.04 Å². The number of fused-ring (bicyclic) bond motifs is 1. The average Bonchev–Trinajstić information content (AvgIpc) is 3.46. The number of amides is 1. The molecule has 0 N–H and O–H groups in total. The van der Waals surface area contributed by atoms with E-state index in [1.807, 2.05) is 32.0 Å². The van der Waals surface area contributed by atoms with Crippen molar-refractivity contribution in [1.29, 1.82) is 0 Å². The number of thiazole rings is 1. The van der Waals surface area contributed by atoms with Gasteiger partial charge in [0, 0.05) is 19.6 Å². The molecule has 1 amide bonds. The van der Waals surface area contributed by atoms with Gasteiger partial charge in [0.05, 0.1) is 15.1 Å². The number of sulfonamides is 1. The molecule has 9 heteroatoms. The van der Waals surface area contributed by atoms with Gasteiger partial charge in [-0.2, -0.15) is 4.31 Å². The maximum Gasteiger partial charge on any atom is 0.247 e. The third kappa shape index (κ3) is 5.02. The third-order valence-electron chi connectivity index (χ3n) is 6.23. The van der Waals surface area contributed by atoms with E-state index in [4.69, 9.17) is 4.98 Å². The van der Waals surface area contributed by atoms with Gasteiger partial charge in [-0.05, 0) is 70.1 Å². The number of benzene rings is 2. The van der Waals surface area contributed by atoms with Crippen molar-refractivity contribution in [3.63, 3.8) is 0 Å². The monoisotopic (exact) mass is 500 g/mol. The van der Waals surface area contributed by atoms with Crippen molar-refractivity contribution in [3.8, 4) is 0 Å². The molecule has 7 nitrogen and oxygen atoms in total. The normalized spacial score (nSPS) is 17.0. The Labute approximate surface area is 206 Å². The van der Waals surface area contributed by atoms with Crippen molar-refractivity contribution in [2.75, 3.05) is 38.6 Å². The third-order valence-corrected chi connectivity index (χ3v) is 9.20. The molecule has 1 saturated heterocycles. The maximum absolute atomic E-state index is 13.9. The lowest BCUT2D eigenvalue weighted by molar-refractivity contribution is -0.121. The average molecular weight is 501 g/mol. The van der Waals surface area contributed by atoms with E-state index in [9.17, 15) is 13.2 Å². The SMILES string of the molecule is CCc1ccc2nc(N(CCN(C)C)C(=O)C3CCCN3S(=O)(=O)c3ccc(C)cc3)sc2c1. The van der Waals surface area contributed by atoms with Gasteiger partial charge < -0.3 is 4.90 Å². The highest BCUT2D eigenvalue weighted by atomic mass is 32.2.